The smallest absolute Gasteiger partial charge is 0.341 e. The topological polar surface area (TPSA) is 73.9 Å². The summed E-state index contributed by atoms with van der Waals surface area (Å²) >= 11 is 0. The van der Waals surface area contributed by atoms with Crippen LogP contribution in [0.3, 0.4) is 0 Å². The van der Waals surface area contributed by atoms with Crippen LogP contribution in [-0.2, 0) is 14.3 Å². The molecule has 1 rings (SSSR count). The number of anilines is 1. The van der Waals surface area contributed by atoms with Crippen LogP contribution in [0.2, 0.25) is 0 Å². The molecule has 0 saturated heterocycles. The Kier molecular flexibility index (Phi) is 8.58. The monoisotopic (exact) mass is 365 g/mol. The predicted octanol–water partition coefficient (Wildman–Crippen LogP) is 4.04. The van der Waals surface area contributed by atoms with E-state index in [1.54, 1.807) is 25.1 Å². The molecule has 1 atom stereocenters. The van der Waals surface area contributed by atoms with Gasteiger partial charge in [-0.3, -0.25) is 4.79 Å². The van der Waals surface area contributed by atoms with Crippen molar-refractivity contribution < 1.29 is 23.8 Å². The summed E-state index contributed by atoms with van der Waals surface area (Å²) in [6.07, 6.45) is 2.47. The molecular formula is C20H31NO5. The van der Waals surface area contributed by atoms with Crippen molar-refractivity contribution in [3.05, 3.63) is 23.8 Å². The number of carbonyl (C=O) groups is 2. The van der Waals surface area contributed by atoms with E-state index in [1.807, 2.05) is 13.8 Å². The summed E-state index contributed by atoms with van der Waals surface area (Å²) in [5, 5.41) is 2.83. The molecule has 0 aliphatic heterocycles. The molecule has 0 aliphatic carbocycles. The van der Waals surface area contributed by atoms with Crippen molar-refractivity contribution in [2.24, 2.45) is 5.92 Å². The highest BCUT2D eigenvalue weighted by molar-refractivity contribution is 5.99. The highest BCUT2D eigenvalue weighted by atomic mass is 16.5. The molecule has 0 spiro atoms. The molecule has 0 aromatic heterocycles. The molecule has 0 heterocycles. The van der Waals surface area contributed by atoms with Gasteiger partial charge in [0, 0.05) is 12.8 Å². The van der Waals surface area contributed by atoms with Crippen LogP contribution in [0.15, 0.2) is 18.2 Å². The molecule has 1 amide bonds. The highest BCUT2D eigenvalue weighted by Gasteiger charge is 2.32. The number of unbranched alkanes of at least 4 members (excludes halogenated alkanes) is 1. The molecule has 6 heteroatoms. The van der Waals surface area contributed by atoms with Crippen LogP contribution in [0.1, 0.15) is 57.3 Å². The summed E-state index contributed by atoms with van der Waals surface area (Å²) in [6, 6.07) is 4.94. The number of nitrogens with one attached hydrogen (secondary N) is 1. The maximum atomic E-state index is 12.6. The summed E-state index contributed by atoms with van der Waals surface area (Å²) in [5.41, 5.74) is -0.153. The molecule has 0 radical (unpaired) electrons. The normalized spacial score (nSPS) is 13.2. The van der Waals surface area contributed by atoms with Crippen LogP contribution >= 0.6 is 0 Å². The number of benzene rings is 1. The van der Waals surface area contributed by atoms with E-state index >= 15 is 0 Å². The average Bonchev–Trinajstić information content (AvgIpc) is 2.63. The average molecular weight is 365 g/mol. The molecule has 1 aromatic rings. The maximum absolute atomic E-state index is 12.6. The third-order valence-electron chi connectivity index (χ3n) is 4.15. The van der Waals surface area contributed by atoms with E-state index in [1.165, 1.54) is 14.2 Å². The molecule has 0 unspecified atom stereocenters. The Morgan fingerprint density at radius 3 is 2.46 bits per heavy atom. The number of hydrogen-bond acceptors (Lipinski definition) is 5. The largest absolute Gasteiger partial charge is 0.492 e. The maximum Gasteiger partial charge on any atom is 0.341 e. The molecule has 6 nitrogen and oxygen atoms in total. The summed E-state index contributed by atoms with van der Waals surface area (Å²) in [7, 11) is 2.84. The zero-order valence-electron chi connectivity index (χ0n) is 16.7. The van der Waals surface area contributed by atoms with E-state index < -0.39 is 11.6 Å². The number of rotatable bonds is 10. The molecule has 0 saturated carbocycles. The number of esters is 1. The zero-order valence-corrected chi connectivity index (χ0v) is 16.7. The van der Waals surface area contributed by atoms with Gasteiger partial charge in [0.25, 0.3) is 5.91 Å². The SMILES string of the molecule is CCCC[C@@](C)(OC)C(=O)Nc1ccc(OCC(C)C)c(C(=O)OC)c1. The number of amides is 1. The first-order chi connectivity index (χ1) is 12.3. The lowest BCUT2D eigenvalue weighted by molar-refractivity contribution is -0.136. The second-order valence-electron chi connectivity index (χ2n) is 6.90. The summed E-state index contributed by atoms with van der Waals surface area (Å²) in [6.45, 7) is 8.35. The number of ether oxygens (including phenoxy) is 3. The van der Waals surface area contributed by atoms with Gasteiger partial charge in [-0.1, -0.05) is 33.6 Å². The van der Waals surface area contributed by atoms with Gasteiger partial charge in [-0.25, -0.2) is 4.79 Å². The molecule has 26 heavy (non-hydrogen) atoms. The first kappa shape index (κ1) is 22.0. The minimum Gasteiger partial charge on any atom is -0.492 e. The van der Waals surface area contributed by atoms with Gasteiger partial charge in [-0.15, -0.1) is 0 Å². The third kappa shape index (κ3) is 6.02. The highest BCUT2D eigenvalue weighted by Crippen LogP contribution is 2.26. The van der Waals surface area contributed by atoms with Crippen LogP contribution in [0, 0.1) is 5.92 Å². The second kappa shape index (κ2) is 10.2. The van der Waals surface area contributed by atoms with Crippen molar-refractivity contribution in [1.29, 1.82) is 0 Å². The van der Waals surface area contributed by atoms with Gasteiger partial charge < -0.3 is 19.5 Å². The van der Waals surface area contributed by atoms with Crippen LogP contribution in [0.5, 0.6) is 5.75 Å². The Morgan fingerprint density at radius 1 is 1.23 bits per heavy atom. The third-order valence-corrected chi connectivity index (χ3v) is 4.15. The van der Waals surface area contributed by atoms with Crippen LogP contribution in [-0.4, -0.2) is 38.3 Å². The molecular weight excluding hydrogens is 334 g/mol. The fourth-order valence-corrected chi connectivity index (χ4v) is 2.35. The van der Waals surface area contributed by atoms with Gasteiger partial charge in [0.15, 0.2) is 0 Å². The van der Waals surface area contributed by atoms with Crippen molar-refractivity contribution in [1.82, 2.24) is 0 Å². The van der Waals surface area contributed by atoms with Crippen molar-refractivity contribution in [3.63, 3.8) is 0 Å². The summed E-state index contributed by atoms with van der Waals surface area (Å²) < 4.78 is 15.9. The Balaban J connectivity index is 3.02. The predicted molar refractivity (Wildman–Crippen MR) is 102 cm³/mol. The zero-order chi connectivity index (χ0) is 19.7. The van der Waals surface area contributed by atoms with Crippen molar-refractivity contribution in [3.8, 4) is 5.75 Å². The fourth-order valence-electron chi connectivity index (χ4n) is 2.35. The van der Waals surface area contributed by atoms with Gasteiger partial charge in [0.2, 0.25) is 0 Å². The van der Waals surface area contributed by atoms with E-state index in [0.29, 0.717) is 30.4 Å². The molecule has 0 bridgehead atoms. The van der Waals surface area contributed by atoms with Crippen molar-refractivity contribution >= 4 is 17.6 Å². The Bertz CT molecular complexity index is 614. The van der Waals surface area contributed by atoms with E-state index in [-0.39, 0.29) is 11.5 Å². The van der Waals surface area contributed by atoms with Crippen LogP contribution in [0.25, 0.3) is 0 Å². The van der Waals surface area contributed by atoms with Crippen LogP contribution < -0.4 is 10.1 Å². The number of hydrogen-bond donors (Lipinski definition) is 1. The Hall–Kier alpha value is -2.08. The van der Waals surface area contributed by atoms with Gasteiger partial charge in [0.05, 0.1) is 13.7 Å². The Labute approximate surface area is 156 Å². The van der Waals surface area contributed by atoms with Gasteiger partial charge in [0.1, 0.15) is 16.9 Å². The molecule has 1 N–H and O–H groups in total. The quantitative estimate of drug-likeness (QED) is 0.633. The summed E-state index contributed by atoms with van der Waals surface area (Å²) in [4.78, 5) is 24.7. The van der Waals surface area contributed by atoms with Gasteiger partial charge in [-0.2, -0.15) is 0 Å². The first-order valence-electron chi connectivity index (χ1n) is 8.99. The number of methoxy groups -OCH3 is 2. The van der Waals surface area contributed by atoms with Crippen molar-refractivity contribution in [2.45, 2.75) is 52.6 Å². The second-order valence-corrected chi connectivity index (χ2v) is 6.90. The minimum absolute atomic E-state index is 0.250. The number of carbonyl (C=O) groups excluding carboxylic acids is 2. The molecule has 146 valence electrons. The van der Waals surface area contributed by atoms with Crippen LogP contribution in [0.4, 0.5) is 5.69 Å². The van der Waals surface area contributed by atoms with E-state index in [0.717, 1.165) is 12.8 Å². The molecule has 0 aliphatic rings. The van der Waals surface area contributed by atoms with E-state index in [4.69, 9.17) is 14.2 Å². The van der Waals surface area contributed by atoms with Gasteiger partial charge >= 0.3 is 5.97 Å². The van der Waals surface area contributed by atoms with E-state index in [2.05, 4.69) is 12.2 Å². The minimum atomic E-state index is -0.922. The lowest BCUT2D eigenvalue weighted by atomic mass is 9.97. The van der Waals surface area contributed by atoms with E-state index in [9.17, 15) is 9.59 Å². The Morgan fingerprint density at radius 2 is 1.92 bits per heavy atom. The lowest BCUT2D eigenvalue weighted by Gasteiger charge is -2.27. The first-order valence-corrected chi connectivity index (χ1v) is 8.99. The standard InChI is InChI=1S/C20H31NO5/c1-7-8-11-20(4,25-6)19(23)21-15-9-10-17(26-13-14(2)3)16(12-15)18(22)24-5/h9-10,12,14H,7-8,11,13H2,1-6H3,(H,21,23)/t20-/m1/s1. The fraction of sp³-hybridized carbons (Fsp3) is 0.600. The lowest BCUT2D eigenvalue weighted by Crippen LogP contribution is -2.41. The van der Waals surface area contributed by atoms with Crippen molar-refractivity contribution in [2.75, 3.05) is 26.1 Å². The molecule has 0 fully saturated rings. The molecule has 1 aromatic carbocycles. The van der Waals surface area contributed by atoms with Gasteiger partial charge in [-0.05, 0) is 37.5 Å². The summed E-state index contributed by atoms with van der Waals surface area (Å²) in [5.74, 6) is -0.00894.